The molecule has 0 saturated heterocycles. The van der Waals surface area contributed by atoms with E-state index in [-0.39, 0.29) is 0 Å². The van der Waals surface area contributed by atoms with Crippen LogP contribution in [-0.4, -0.2) is 20.2 Å². The summed E-state index contributed by atoms with van der Waals surface area (Å²) in [5.41, 5.74) is 3.56. The van der Waals surface area contributed by atoms with E-state index in [1.54, 1.807) is 11.3 Å². The Bertz CT molecular complexity index is 568. The van der Waals surface area contributed by atoms with E-state index in [1.807, 2.05) is 13.8 Å². The highest BCUT2D eigenvalue weighted by atomic mass is 32.2. The van der Waals surface area contributed by atoms with Gasteiger partial charge in [0, 0.05) is 12.0 Å². The van der Waals surface area contributed by atoms with E-state index in [0.29, 0.717) is 5.82 Å². The molecule has 0 saturated carbocycles. The molecule has 19 heavy (non-hydrogen) atoms. The second-order valence-electron chi connectivity index (χ2n) is 4.00. The van der Waals surface area contributed by atoms with E-state index < -0.39 is 0 Å². The number of rotatable bonds is 5. The Kier molecular flexibility index (Phi) is 4.67. The lowest BCUT2D eigenvalue weighted by Crippen LogP contribution is -2.13. The molecule has 0 spiro atoms. The molecule has 0 aliphatic heterocycles. The highest BCUT2D eigenvalue weighted by molar-refractivity contribution is 8.01. The van der Waals surface area contributed by atoms with E-state index in [0.717, 1.165) is 38.6 Å². The number of nitrogen functional groups attached to an aromatic ring is 1. The number of nitrogens with one attached hydrogen (secondary N) is 1. The van der Waals surface area contributed by atoms with Crippen LogP contribution in [0.25, 0.3) is 0 Å². The molecule has 2 aromatic rings. The molecule has 8 heteroatoms. The van der Waals surface area contributed by atoms with Gasteiger partial charge in [0.2, 0.25) is 0 Å². The van der Waals surface area contributed by atoms with Crippen molar-refractivity contribution in [3.05, 3.63) is 16.4 Å². The van der Waals surface area contributed by atoms with Gasteiger partial charge < -0.3 is 5.43 Å². The molecular weight excluding hydrogens is 280 g/mol. The van der Waals surface area contributed by atoms with Crippen LogP contribution in [0.15, 0.2) is 9.37 Å². The fourth-order valence-corrected chi connectivity index (χ4v) is 3.35. The second kappa shape index (κ2) is 6.27. The van der Waals surface area contributed by atoms with Gasteiger partial charge in [0.15, 0.2) is 4.34 Å². The van der Waals surface area contributed by atoms with Gasteiger partial charge in [-0.2, -0.15) is 0 Å². The minimum atomic E-state index is 0.669. The summed E-state index contributed by atoms with van der Waals surface area (Å²) >= 11 is 3.06. The van der Waals surface area contributed by atoms with Crippen molar-refractivity contribution in [2.75, 3.05) is 5.43 Å². The van der Waals surface area contributed by atoms with Crippen molar-refractivity contribution in [3.8, 4) is 0 Å². The highest BCUT2D eigenvalue weighted by Gasteiger charge is 2.13. The van der Waals surface area contributed by atoms with Crippen LogP contribution in [0.5, 0.6) is 0 Å². The van der Waals surface area contributed by atoms with E-state index in [2.05, 4.69) is 32.5 Å². The SMILES string of the molecule is CCCc1nc(NN)c(C)c(Sc2nnc(C)s2)n1. The molecule has 2 heterocycles. The lowest BCUT2D eigenvalue weighted by Gasteiger charge is -2.10. The molecule has 0 radical (unpaired) electrons. The Morgan fingerprint density at radius 1 is 1.26 bits per heavy atom. The van der Waals surface area contributed by atoms with Crippen LogP contribution >= 0.6 is 23.1 Å². The van der Waals surface area contributed by atoms with Gasteiger partial charge in [-0.05, 0) is 32.0 Å². The second-order valence-corrected chi connectivity index (χ2v) is 6.42. The minimum absolute atomic E-state index is 0.669. The molecule has 0 aliphatic carbocycles. The van der Waals surface area contributed by atoms with Crippen molar-refractivity contribution in [1.29, 1.82) is 0 Å². The zero-order chi connectivity index (χ0) is 13.8. The third-order valence-electron chi connectivity index (χ3n) is 2.45. The number of hydrogen-bond acceptors (Lipinski definition) is 8. The Morgan fingerprint density at radius 3 is 2.63 bits per heavy atom. The van der Waals surface area contributed by atoms with Crippen LogP contribution in [0.2, 0.25) is 0 Å². The van der Waals surface area contributed by atoms with Crippen LogP contribution in [0.4, 0.5) is 5.82 Å². The third-order valence-corrected chi connectivity index (χ3v) is 4.43. The van der Waals surface area contributed by atoms with Crippen molar-refractivity contribution in [1.82, 2.24) is 20.2 Å². The fourth-order valence-electron chi connectivity index (χ4n) is 1.52. The maximum absolute atomic E-state index is 5.51. The van der Waals surface area contributed by atoms with Crippen LogP contribution in [0, 0.1) is 13.8 Å². The van der Waals surface area contributed by atoms with Crippen LogP contribution < -0.4 is 11.3 Å². The van der Waals surface area contributed by atoms with Crippen LogP contribution in [0.3, 0.4) is 0 Å². The molecule has 102 valence electrons. The van der Waals surface area contributed by atoms with Gasteiger partial charge in [-0.3, -0.25) is 0 Å². The third kappa shape index (κ3) is 3.40. The van der Waals surface area contributed by atoms with Gasteiger partial charge in [0.05, 0.1) is 0 Å². The van der Waals surface area contributed by atoms with E-state index in [1.165, 1.54) is 11.8 Å². The van der Waals surface area contributed by atoms with Gasteiger partial charge in [-0.25, -0.2) is 15.8 Å². The van der Waals surface area contributed by atoms with Crippen LogP contribution in [-0.2, 0) is 6.42 Å². The molecule has 0 aromatic carbocycles. The average molecular weight is 296 g/mol. The topological polar surface area (TPSA) is 89.6 Å². The Labute approximate surface area is 120 Å². The van der Waals surface area contributed by atoms with E-state index >= 15 is 0 Å². The summed E-state index contributed by atoms with van der Waals surface area (Å²) in [6.45, 7) is 5.98. The molecule has 2 rings (SSSR count). The van der Waals surface area contributed by atoms with Crippen molar-refractivity contribution in [3.63, 3.8) is 0 Å². The predicted octanol–water partition coefficient (Wildman–Crippen LogP) is 2.33. The first-order valence-corrected chi connectivity index (χ1v) is 7.59. The summed E-state index contributed by atoms with van der Waals surface area (Å²) in [5.74, 6) is 6.97. The van der Waals surface area contributed by atoms with E-state index in [4.69, 9.17) is 5.84 Å². The molecule has 0 fully saturated rings. The van der Waals surface area contributed by atoms with Gasteiger partial charge >= 0.3 is 0 Å². The summed E-state index contributed by atoms with van der Waals surface area (Å²) in [5, 5.41) is 9.93. The molecule has 0 unspecified atom stereocenters. The number of nitrogens with zero attached hydrogens (tertiary/aromatic N) is 4. The van der Waals surface area contributed by atoms with Gasteiger partial charge in [-0.15, -0.1) is 10.2 Å². The molecule has 2 aromatic heterocycles. The summed E-state index contributed by atoms with van der Waals surface area (Å²) in [6.07, 6.45) is 1.83. The number of aryl methyl sites for hydroxylation is 2. The minimum Gasteiger partial charge on any atom is -0.308 e. The van der Waals surface area contributed by atoms with Crippen molar-refractivity contribution >= 4 is 28.9 Å². The van der Waals surface area contributed by atoms with Gasteiger partial charge in [0.1, 0.15) is 21.7 Å². The Balaban J connectivity index is 2.34. The van der Waals surface area contributed by atoms with Crippen LogP contribution in [0.1, 0.15) is 29.7 Å². The maximum atomic E-state index is 5.51. The number of hydrazine groups is 1. The predicted molar refractivity (Wildman–Crippen MR) is 77.3 cm³/mol. The number of nitrogens with two attached hydrogens (primary N) is 1. The summed E-state index contributed by atoms with van der Waals surface area (Å²) in [6, 6.07) is 0. The normalized spacial score (nSPS) is 10.7. The fraction of sp³-hybridized carbons (Fsp3) is 0.455. The van der Waals surface area contributed by atoms with Crippen molar-refractivity contribution < 1.29 is 0 Å². The lowest BCUT2D eigenvalue weighted by atomic mass is 10.3. The molecule has 0 aliphatic rings. The summed E-state index contributed by atoms with van der Waals surface area (Å²) < 4.78 is 0.879. The van der Waals surface area contributed by atoms with Gasteiger partial charge in [0.25, 0.3) is 0 Å². The molecule has 3 N–H and O–H groups in total. The molecule has 0 bridgehead atoms. The molecular formula is C11H16N6S2. The standard InChI is InChI=1S/C11H16N6S2/c1-4-5-8-13-9(15-12)6(2)10(14-8)19-11-17-16-7(3)18-11/h4-5,12H2,1-3H3,(H,13,14,15). The van der Waals surface area contributed by atoms with Gasteiger partial charge in [-0.1, -0.05) is 18.3 Å². The summed E-state index contributed by atoms with van der Waals surface area (Å²) in [7, 11) is 0. The van der Waals surface area contributed by atoms with Crippen molar-refractivity contribution in [2.24, 2.45) is 5.84 Å². The number of aromatic nitrogens is 4. The molecule has 0 atom stereocenters. The zero-order valence-corrected chi connectivity index (χ0v) is 12.7. The number of anilines is 1. The quantitative estimate of drug-likeness (QED) is 0.497. The molecule has 6 nitrogen and oxygen atoms in total. The average Bonchev–Trinajstić information content (AvgIpc) is 2.79. The summed E-state index contributed by atoms with van der Waals surface area (Å²) in [4.78, 5) is 8.97. The highest BCUT2D eigenvalue weighted by Crippen LogP contribution is 2.32. The lowest BCUT2D eigenvalue weighted by molar-refractivity contribution is 0.802. The monoisotopic (exact) mass is 296 g/mol. The first kappa shape index (κ1) is 14.2. The maximum Gasteiger partial charge on any atom is 0.180 e. The van der Waals surface area contributed by atoms with E-state index in [9.17, 15) is 0 Å². The molecule has 0 amide bonds. The smallest absolute Gasteiger partial charge is 0.180 e. The van der Waals surface area contributed by atoms with Crippen molar-refractivity contribution in [2.45, 2.75) is 43.0 Å². The first-order chi connectivity index (χ1) is 9.13. The largest absolute Gasteiger partial charge is 0.308 e. The Hall–Kier alpha value is -1.25. The number of hydrogen-bond donors (Lipinski definition) is 2. The zero-order valence-electron chi connectivity index (χ0n) is 11.1. The first-order valence-electron chi connectivity index (χ1n) is 5.96. The Morgan fingerprint density at radius 2 is 2.05 bits per heavy atom.